The van der Waals surface area contributed by atoms with Gasteiger partial charge in [0.25, 0.3) is 0 Å². The van der Waals surface area contributed by atoms with Gasteiger partial charge in [0.1, 0.15) is 0 Å². The zero-order valence-corrected chi connectivity index (χ0v) is 11.8. The number of rotatable bonds is 1. The van der Waals surface area contributed by atoms with Crippen molar-refractivity contribution in [2.45, 2.75) is 38.6 Å². The van der Waals surface area contributed by atoms with Gasteiger partial charge in [-0.15, -0.1) is 5.10 Å². The highest BCUT2D eigenvalue weighted by Gasteiger charge is 2.33. The molecule has 1 fully saturated rings. The first-order valence-electron chi connectivity index (χ1n) is 7.59. The quantitative estimate of drug-likeness (QED) is 0.862. The second kappa shape index (κ2) is 4.62. The van der Waals surface area contributed by atoms with Gasteiger partial charge in [-0.3, -0.25) is 0 Å². The van der Waals surface area contributed by atoms with E-state index in [0.29, 0.717) is 6.04 Å². The summed E-state index contributed by atoms with van der Waals surface area (Å²) in [6, 6.07) is 8.99. The molecule has 4 rings (SSSR count). The fraction of sp³-hybridized carbons (Fsp3) is 0.500. The molecule has 20 heavy (non-hydrogen) atoms. The minimum atomic E-state index is 0.548. The molecule has 2 aromatic rings. The third-order valence-corrected chi connectivity index (χ3v) is 4.65. The Morgan fingerprint density at radius 3 is 2.80 bits per heavy atom. The van der Waals surface area contributed by atoms with E-state index in [2.05, 4.69) is 46.2 Å². The molecule has 2 aliphatic rings. The first-order chi connectivity index (χ1) is 9.81. The summed E-state index contributed by atoms with van der Waals surface area (Å²) in [6.45, 7) is 3.15. The fourth-order valence-electron chi connectivity index (χ4n) is 3.47. The predicted octanol–water partition coefficient (Wildman–Crippen LogP) is 3.41. The van der Waals surface area contributed by atoms with Crippen LogP contribution in [0, 0.1) is 12.8 Å². The maximum atomic E-state index is 4.78. The van der Waals surface area contributed by atoms with Gasteiger partial charge in [0.15, 0.2) is 5.82 Å². The van der Waals surface area contributed by atoms with Crippen molar-refractivity contribution >= 4 is 5.95 Å². The van der Waals surface area contributed by atoms with Crippen LogP contribution in [0.15, 0.2) is 24.3 Å². The Morgan fingerprint density at radius 2 is 1.95 bits per heavy atom. The van der Waals surface area contributed by atoms with Crippen molar-refractivity contribution < 1.29 is 0 Å². The zero-order valence-electron chi connectivity index (χ0n) is 11.8. The summed E-state index contributed by atoms with van der Waals surface area (Å²) in [5, 5.41) is 8.23. The number of aromatic nitrogens is 3. The van der Waals surface area contributed by atoms with Crippen molar-refractivity contribution in [3.63, 3.8) is 0 Å². The second-order valence-electron chi connectivity index (χ2n) is 6.06. The van der Waals surface area contributed by atoms with E-state index in [-0.39, 0.29) is 0 Å². The van der Waals surface area contributed by atoms with Crippen molar-refractivity contribution in [3.8, 4) is 11.4 Å². The number of fused-ring (bicyclic) bond motifs is 3. The molecule has 1 saturated carbocycles. The molecule has 0 radical (unpaired) electrons. The van der Waals surface area contributed by atoms with E-state index in [1.165, 1.54) is 31.2 Å². The summed E-state index contributed by atoms with van der Waals surface area (Å²) < 4.78 is 2.14. The van der Waals surface area contributed by atoms with E-state index in [1.54, 1.807) is 0 Å². The molecule has 2 unspecified atom stereocenters. The molecule has 2 atom stereocenters. The molecule has 2 heterocycles. The molecule has 0 spiro atoms. The van der Waals surface area contributed by atoms with Crippen LogP contribution in [0.3, 0.4) is 0 Å². The van der Waals surface area contributed by atoms with Gasteiger partial charge in [-0.05, 0) is 25.7 Å². The Bertz CT molecular complexity index is 614. The van der Waals surface area contributed by atoms with Gasteiger partial charge in [0.2, 0.25) is 5.95 Å². The summed E-state index contributed by atoms with van der Waals surface area (Å²) >= 11 is 0. The largest absolute Gasteiger partial charge is 0.354 e. The lowest BCUT2D eigenvalue weighted by atomic mass is 9.84. The lowest BCUT2D eigenvalue weighted by Crippen LogP contribution is -2.35. The van der Waals surface area contributed by atoms with Crippen molar-refractivity contribution in [2.75, 3.05) is 11.9 Å². The summed E-state index contributed by atoms with van der Waals surface area (Å²) in [5.74, 6) is 2.52. The zero-order chi connectivity index (χ0) is 13.5. The van der Waals surface area contributed by atoms with Crippen LogP contribution in [-0.4, -0.2) is 21.3 Å². The van der Waals surface area contributed by atoms with Gasteiger partial charge in [-0.2, -0.15) is 4.98 Å². The summed E-state index contributed by atoms with van der Waals surface area (Å²) in [5.41, 5.74) is 2.37. The predicted molar refractivity (Wildman–Crippen MR) is 79.7 cm³/mol. The molecule has 0 saturated heterocycles. The van der Waals surface area contributed by atoms with E-state index in [1.807, 2.05) is 0 Å². The fourth-order valence-corrected chi connectivity index (χ4v) is 3.47. The van der Waals surface area contributed by atoms with Gasteiger partial charge in [-0.1, -0.05) is 42.7 Å². The van der Waals surface area contributed by atoms with E-state index in [4.69, 9.17) is 5.10 Å². The van der Waals surface area contributed by atoms with Crippen LogP contribution in [-0.2, 0) is 0 Å². The smallest absolute Gasteiger partial charge is 0.221 e. The van der Waals surface area contributed by atoms with Crippen LogP contribution in [0.4, 0.5) is 5.95 Å². The molecule has 0 bridgehead atoms. The standard InChI is InChI=1S/C16H20N4/c1-11-6-8-12(9-7-11)15-18-16-17-10-13-4-2-3-5-14(13)20(16)19-15/h6-9,13-14H,2-5,10H2,1H3,(H,17,18,19). The van der Waals surface area contributed by atoms with Crippen LogP contribution >= 0.6 is 0 Å². The molecule has 1 N–H and O–H groups in total. The highest BCUT2D eigenvalue weighted by Crippen LogP contribution is 2.38. The maximum absolute atomic E-state index is 4.78. The Balaban J connectivity index is 1.71. The van der Waals surface area contributed by atoms with Crippen LogP contribution in [0.5, 0.6) is 0 Å². The molecular weight excluding hydrogens is 248 g/mol. The molecule has 1 aromatic heterocycles. The molecule has 1 aliphatic carbocycles. The maximum Gasteiger partial charge on any atom is 0.221 e. The van der Waals surface area contributed by atoms with Crippen LogP contribution in [0.2, 0.25) is 0 Å². The molecule has 1 aromatic carbocycles. The Kier molecular flexibility index (Phi) is 2.76. The van der Waals surface area contributed by atoms with Crippen molar-refractivity contribution in [2.24, 2.45) is 5.92 Å². The van der Waals surface area contributed by atoms with Crippen LogP contribution < -0.4 is 5.32 Å². The summed E-state index contributed by atoms with van der Waals surface area (Å²) in [4.78, 5) is 4.68. The molecule has 104 valence electrons. The SMILES string of the molecule is Cc1ccc(-c2nc3n(n2)C2CCCCC2CN3)cc1. The van der Waals surface area contributed by atoms with Crippen molar-refractivity contribution in [1.29, 1.82) is 0 Å². The third kappa shape index (κ3) is 1.90. The summed E-state index contributed by atoms with van der Waals surface area (Å²) in [6.07, 6.45) is 5.24. The lowest BCUT2D eigenvalue weighted by molar-refractivity contribution is 0.222. The van der Waals surface area contributed by atoms with E-state index in [9.17, 15) is 0 Å². The van der Waals surface area contributed by atoms with Crippen molar-refractivity contribution in [3.05, 3.63) is 29.8 Å². The Hall–Kier alpha value is -1.84. The van der Waals surface area contributed by atoms with E-state index in [0.717, 1.165) is 29.8 Å². The van der Waals surface area contributed by atoms with Crippen LogP contribution in [0.1, 0.15) is 37.3 Å². The number of benzene rings is 1. The van der Waals surface area contributed by atoms with Gasteiger partial charge < -0.3 is 5.32 Å². The highest BCUT2D eigenvalue weighted by atomic mass is 15.4. The third-order valence-electron chi connectivity index (χ3n) is 4.65. The Labute approximate surface area is 119 Å². The molecule has 1 aliphatic heterocycles. The van der Waals surface area contributed by atoms with Gasteiger partial charge in [0.05, 0.1) is 6.04 Å². The van der Waals surface area contributed by atoms with Gasteiger partial charge >= 0.3 is 0 Å². The molecule has 4 nitrogen and oxygen atoms in total. The average molecular weight is 268 g/mol. The molecular formula is C16H20N4. The number of hydrogen-bond acceptors (Lipinski definition) is 3. The number of hydrogen-bond donors (Lipinski definition) is 1. The normalized spacial score (nSPS) is 24.6. The summed E-state index contributed by atoms with van der Waals surface area (Å²) in [7, 11) is 0. The monoisotopic (exact) mass is 268 g/mol. The first kappa shape index (κ1) is 11.9. The van der Waals surface area contributed by atoms with Crippen LogP contribution in [0.25, 0.3) is 11.4 Å². The highest BCUT2D eigenvalue weighted by molar-refractivity contribution is 5.57. The average Bonchev–Trinajstić information content (AvgIpc) is 2.92. The van der Waals surface area contributed by atoms with Gasteiger partial charge in [-0.25, -0.2) is 4.68 Å². The first-order valence-corrected chi connectivity index (χ1v) is 7.59. The number of aryl methyl sites for hydroxylation is 1. The van der Waals surface area contributed by atoms with Crippen molar-refractivity contribution in [1.82, 2.24) is 14.8 Å². The minimum absolute atomic E-state index is 0.548. The Morgan fingerprint density at radius 1 is 1.15 bits per heavy atom. The molecule has 0 amide bonds. The van der Waals surface area contributed by atoms with Gasteiger partial charge in [0, 0.05) is 12.1 Å². The minimum Gasteiger partial charge on any atom is -0.354 e. The molecule has 4 heteroatoms. The number of anilines is 1. The topological polar surface area (TPSA) is 42.7 Å². The second-order valence-corrected chi connectivity index (χ2v) is 6.06. The van der Waals surface area contributed by atoms with E-state index < -0.39 is 0 Å². The lowest BCUT2D eigenvalue weighted by Gasteiger charge is -2.36. The number of nitrogens with zero attached hydrogens (tertiary/aromatic N) is 3. The van der Waals surface area contributed by atoms with E-state index >= 15 is 0 Å². The number of nitrogens with one attached hydrogen (secondary N) is 1.